The van der Waals surface area contributed by atoms with Gasteiger partial charge in [0.05, 0.1) is 5.70 Å². The Kier molecular flexibility index (Phi) is 3.99. The Morgan fingerprint density at radius 2 is 1.82 bits per heavy atom. The van der Waals surface area contributed by atoms with E-state index in [0.717, 1.165) is 5.70 Å². The van der Waals surface area contributed by atoms with E-state index in [1.807, 2.05) is 12.3 Å². The predicted octanol–water partition coefficient (Wildman–Crippen LogP) is 3.74. The fourth-order valence-corrected chi connectivity index (χ4v) is 2.30. The van der Waals surface area contributed by atoms with Crippen molar-refractivity contribution >= 4 is 24.2 Å². The maximum Gasteiger partial charge on any atom is 0.0680 e. The molecule has 1 aromatic heterocycles. The Morgan fingerprint density at radius 3 is 2.24 bits per heavy atom. The van der Waals surface area contributed by atoms with Gasteiger partial charge in [0.15, 0.2) is 0 Å². The topological polar surface area (TPSA) is 17.3 Å². The van der Waals surface area contributed by atoms with Crippen molar-refractivity contribution in [1.82, 2.24) is 4.57 Å². The van der Waals surface area contributed by atoms with E-state index >= 15 is 0 Å². The molecule has 0 spiro atoms. The van der Waals surface area contributed by atoms with Crippen LogP contribution in [0.5, 0.6) is 0 Å². The van der Waals surface area contributed by atoms with Crippen molar-refractivity contribution in [3.8, 4) is 0 Å². The summed E-state index contributed by atoms with van der Waals surface area (Å²) in [6.45, 7) is 8.67. The summed E-state index contributed by atoms with van der Waals surface area (Å²) < 4.78 is 2.26. The third-order valence-electron chi connectivity index (χ3n) is 3.59. The number of aliphatic imine (C=N–C) groups is 1. The first-order valence-electron chi connectivity index (χ1n) is 5.58. The fraction of sp³-hybridized carbons (Fsp3) is 0.357. The van der Waals surface area contributed by atoms with Crippen molar-refractivity contribution in [2.24, 2.45) is 12.0 Å². The lowest BCUT2D eigenvalue weighted by molar-refractivity contribution is 0.858. The molecular formula is C14H19ClN2. The van der Waals surface area contributed by atoms with Gasteiger partial charge in [0, 0.05) is 24.7 Å². The molecule has 0 bridgehead atoms. The number of allylic oxidation sites excluding steroid dienone is 3. The molecule has 0 unspecified atom stereocenters. The van der Waals surface area contributed by atoms with Gasteiger partial charge < -0.3 is 4.57 Å². The first-order chi connectivity index (χ1) is 7.54. The quantitative estimate of drug-likeness (QED) is 0.723. The number of nitrogens with zero attached hydrogens (tertiary/aromatic N) is 2. The zero-order valence-electron chi connectivity index (χ0n) is 11.0. The minimum atomic E-state index is 0. The number of aromatic nitrogens is 1. The van der Waals surface area contributed by atoms with Gasteiger partial charge in [-0.2, -0.15) is 0 Å². The maximum atomic E-state index is 4.36. The molecule has 92 valence electrons. The van der Waals surface area contributed by atoms with Crippen LogP contribution in [0.4, 0.5) is 0 Å². The summed E-state index contributed by atoms with van der Waals surface area (Å²) in [5.41, 5.74) is 7.70. The normalized spacial score (nSPS) is 16.3. The van der Waals surface area contributed by atoms with Crippen LogP contribution in [0.2, 0.25) is 0 Å². The van der Waals surface area contributed by atoms with Crippen molar-refractivity contribution in [1.29, 1.82) is 0 Å². The van der Waals surface area contributed by atoms with E-state index in [0.29, 0.717) is 0 Å². The Morgan fingerprint density at radius 1 is 1.18 bits per heavy atom. The zero-order valence-corrected chi connectivity index (χ0v) is 11.9. The van der Waals surface area contributed by atoms with Crippen LogP contribution in [0.25, 0.3) is 5.57 Å². The van der Waals surface area contributed by atoms with Gasteiger partial charge in [0.1, 0.15) is 0 Å². The molecule has 1 aromatic rings. The fourth-order valence-electron chi connectivity index (χ4n) is 2.30. The Balaban J connectivity index is 0.00000144. The molecule has 0 N–H and O–H groups in total. The predicted molar refractivity (Wildman–Crippen MR) is 77.1 cm³/mol. The lowest BCUT2D eigenvalue weighted by Crippen LogP contribution is -1.98. The van der Waals surface area contributed by atoms with Crippen LogP contribution in [-0.2, 0) is 7.05 Å². The largest absolute Gasteiger partial charge is 0.348 e. The van der Waals surface area contributed by atoms with Crippen molar-refractivity contribution < 1.29 is 0 Å². The van der Waals surface area contributed by atoms with Crippen molar-refractivity contribution in [2.75, 3.05) is 0 Å². The van der Waals surface area contributed by atoms with Gasteiger partial charge in [-0.25, -0.2) is 0 Å². The van der Waals surface area contributed by atoms with E-state index in [9.17, 15) is 0 Å². The zero-order chi connectivity index (χ0) is 11.9. The second-order valence-corrected chi connectivity index (χ2v) is 4.39. The molecule has 2 nitrogen and oxygen atoms in total. The SMILES string of the molecule is C/C(=C1\C=CC=N1)c1c(C)c(C)c(C)n1C.Cl. The van der Waals surface area contributed by atoms with Crippen LogP contribution in [0, 0.1) is 20.8 Å². The van der Waals surface area contributed by atoms with E-state index < -0.39 is 0 Å². The lowest BCUT2D eigenvalue weighted by atomic mass is 10.1. The van der Waals surface area contributed by atoms with E-state index in [-0.39, 0.29) is 12.4 Å². The molecule has 0 saturated carbocycles. The molecular weight excluding hydrogens is 232 g/mol. The molecule has 0 atom stereocenters. The minimum absolute atomic E-state index is 0. The molecule has 2 rings (SSSR count). The third kappa shape index (κ3) is 2.09. The average molecular weight is 251 g/mol. The van der Waals surface area contributed by atoms with E-state index in [1.165, 1.54) is 28.1 Å². The van der Waals surface area contributed by atoms with Gasteiger partial charge >= 0.3 is 0 Å². The van der Waals surface area contributed by atoms with Crippen LogP contribution in [0.3, 0.4) is 0 Å². The van der Waals surface area contributed by atoms with E-state index in [1.54, 1.807) is 0 Å². The smallest absolute Gasteiger partial charge is 0.0680 e. The first kappa shape index (κ1) is 13.8. The Bertz CT molecular complexity index is 491. The van der Waals surface area contributed by atoms with Gasteiger partial charge in [0.2, 0.25) is 0 Å². The van der Waals surface area contributed by atoms with Crippen LogP contribution in [0.15, 0.2) is 22.8 Å². The molecule has 0 aliphatic carbocycles. The molecule has 0 fully saturated rings. The maximum absolute atomic E-state index is 4.36. The number of rotatable bonds is 1. The molecule has 2 heterocycles. The highest BCUT2D eigenvalue weighted by Crippen LogP contribution is 2.29. The number of hydrogen-bond donors (Lipinski definition) is 0. The summed E-state index contributed by atoms with van der Waals surface area (Å²) in [5.74, 6) is 0. The Hall–Kier alpha value is -1.28. The summed E-state index contributed by atoms with van der Waals surface area (Å²) in [6.07, 6.45) is 5.89. The third-order valence-corrected chi connectivity index (χ3v) is 3.59. The number of hydrogen-bond acceptors (Lipinski definition) is 1. The van der Waals surface area contributed by atoms with Gasteiger partial charge in [-0.05, 0) is 56.5 Å². The Labute approximate surface area is 109 Å². The second kappa shape index (κ2) is 4.92. The lowest BCUT2D eigenvalue weighted by Gasteiger charge is -2.08. The van der Waals surface area contributed by atoms with Crippen LogP contribution < -0.4 is 0 Å². The van der Waals surface area contributed by atoms with Crippen molar-refractivity contribution in [2.45, 2.75) is 27.7 Å². The summed E-state index contributed by atoms with van der Waals surface area (Å²) in [7, 11) is 2.12. The van der Waals surface area contributed by atoms with E-state index in [4.69, 9.17) is 0 Å². The molecule has 0 radical (unpaired) electrons. The molecule has 17 heavy (non-hydrogen) atoms. The highest BCUT2D eigenvalue weighted by atomic mass is 35.5. The molecule has 1 aliphatic rings. The summed E-state index contributed by atoms with van der Waals surface area (Å²) in [6, 6.07) is 0. The molecule has 3 heteroatoms. The summed E-state index contributed by atoms with van der Waals surface area (Å²) in [4.78, 5) is 4.36. The average Bonchev–Trinajstić information content (AvgIpc) is 2.84. The van der Waals surface area contributed by atoms with Crippen LogP contribution in [-0.4, -0.2) is 10.8 Å². The van der Waals surface area contributed by atoms with Gasteiger partial charge in [-0.15, -0.1) is 12.4 Å². The van der Waals surface area contributed by atoms with Crippen LogP contribution in [0.1, 0.15) is 29.4 Å². The van der Waals surface area contributed by atoms with Gasteiger partial charge in [-0.3, -0.25) is 4.99 Å². The van der Waals surface area contributed by atoms with Crippen molar-refractivity contribution in [3.63, 3.8) is 0 Å². The summed E-state index contributed by atoms with van der Waals surface area (Å²) >= 11 is 0. The minimum Gasteiger partial charge on any atom is -0.348 e. The highest BCUT2D eigenvalue weighted by molar-refractivity contribution is 5.85. The monoisotopic (exact) mass is 250 g/mol. The van der Waals surface area contributed by atoms with Gasteiger partial charge in [-0.1, -0.05) is 0 Å². The highest BCUT2D eigenvalue weighted by Gasteiger charge is 2.15. The molecule has 0 amide bonds. The van der Waals surface area contributed by atoms with Crippen molar-refractivity contribution in [3.05, 3.63) is 40.4 Å². The summed E-state index contributed by atoms with van der Waals surface area (Å²) in [5, 5.41) is 0. The second-order valence-electron chi connectivity index (χ2n) is 4.39. The molecule has 1 aliphatic heterocycles. The first-order valence-corrected chi connectivity index (χ1v) is 5.58. The van der Waals surface area contributed by atoms with E-state index in [2.05, 4.69) is 50.4 Å². The molecule has 0 aromatic carbocycles. The number of halogens is 1. The molecule has 0 saturated heterocycles. The van der Waals surface area contributed by atoms with Crippen LogP contribution >= 0.6 is 12.4 Å². The standard InChI is InChI=1S/C14H18N2.ClH/c1-9-10(2)14(16(5)12(9)4)11(3)13-7-6-8-15-13;/h6-8H,1-5H3;1H/b13-11-;. The van der Waals surface area contributed by atoms with Gasteiger partial charge in [0.25, 0.3) is 0 Å².